The molecule has 2 unspecified atom stereocenters. The number of rotatable bonds is 4. The Labute approximate surface area is 116 Å². The van der Waals surface area contributed by atoms with E-state index in [1.54, 1.807) is 0 Å². The Hall–Kier alpha value is -0.870. The van der Waals surface area contributed by atoms with E-state index in [9.17, 15) is 4.79 Å². The van der Waals surface area contributed by atoms with Crippen LogP contribution in [0.15, 0.2) is 28.7 Å². The van der Waals surface area contributed by atoms with Crippen LogP contribution in [-0.2, 0) is 4.79 Å². The normalized spacial score (nSPS) is 22.0. The summed E-state index contributed by atoms with van der Waals surface area (Å²) in [5, 5.41) is 8.83. The number of benzene rings is 1. The second-order valence-electron chi connectivity index (χ2n) is 4.94. The molecule has 1 aromatic carbocycles. The summed E-state index contributed by atoms with van der Waals surface area (Å²) in [5.41, 5.74) is 1.27. The summed E-state index contributed by atoms with van der Waals surface area (Å²) in [7, 11) is 0. The summed E-state index contributed by atoms with van der Waals surface area (Å²) in [6.07, 6.45) is 1.28. The average molecular weight is 312 g/mol. The Morgan fingerprint density at radius 2 is 2.28 bits per heavy atom. The lowest BCUT2D eigenvalue weighted by Crippen LogP contribution is -2.25. The molecule has 4 heteroatoms. The van der Waals surface area contributed by atoms with Crippen molar-refractivity contribution < 1.29 is 9.90 Å². The molecule has 98 valence electrons. The van der Waals surface area contributed by atoms with Gasteiger partial charge >= 0.3 is 5.97 Å². The largest absolute Gasteiger partial charge is 0.481 e. The molecule has 0 bridgehead atoms. The van der Waals surface area contributed by atoms with Gasteiger partial charge in [-0.1, -0.05) is 34.1 Å². The molecule has 1 heterocycles. The highest BCUT2D eigenvalue weighted by atomic mass is 79.9. The molecule has 0 radical (unpaired) electrons. The van der Waals surface area contributed by atoms with Crippen molar-refractivity contribution in [2.24, 2.45) is 5.92 Å². The van der Waals surface area contributed by atoms with E-state index in [-0.39, 0.29) is 0 Å². The molecule has 1 fully saturated rings. The predicted octanol–water partition coefficient (Wildman–Crippen LogP) is 3.31. The first-order valence-electron chi connectivity index (χ1n) is 6.28. The van der Waals surface area contributed by atoms with Crippen LogP contribution >= 0.6 is 15.9 Å². The van der Waals surface area contributed by atoms with E-state index in [0.717, 1.165) is 24.0 Å². The molecule has 2 atom stereocenters. The minimum Gasteiger partial charge on any atom is -0.481 e. The van der Waals surface area contributed by atoms with Crippen molar-refractivity contribution in [3.8, 4) is 0 Å². The van der Waals surface area contributed by atoms with Crippen molar-refractivity contribution in [2.45, 2.75) is 25.8 Å². The van der Waals surface area contributed by atoms with Crippen LogP contribution in [0, 0.1) is 5.92 Å². The molecule has 1 aliphatic heterocycles. The monoisotopic (exact) mass is 311 g/mol. The van der Waals surface area contributed by atoms with E-state index in [2.05, 4.69) is 39.9 Å². The van der Waals surface area contributed by atoms with Crippen LogP contribution < -0.4 is 0 Å². The van der Waals surface area contributed by atoms with E-state index in [0.29, 0.717) is 18.4 Å². The summed E-state index contributed by atoms with van der Waals surface area (Å²) in [6, 6.07) is 8.56. The lowest BCUT2D eigenvalue weighted by molar-refractivity contribution is -0.138. The topological polar surface area (TPSA) is 40.5 Å². The quantitative estimate of drug-likeness (QED) is 0.927. The Kier molecular flexibility index (Phi) is 4.40. The number of hydrogen-bond acceptors (Lipinski definition) is 2. The Morgan fingerprint density at radius 1 is 1.56 bits per heavy atom. The molecule has 1 aromatic rings. The summed E-state index contributed by atoms with van der Waals surface area (Å²) >= 11 is 3.58. The molecule has 0 aromatic heterocycles. The van der Waals surface area contributed by atoms with Gasteiger partial charge in [0.15, 0.2) is 0 Å². The van der Waals surface area contributed by atoms with Gasteiger partial charge in [-0.3, -0.25) is 9.69 Å². The van der Waals surface area contributed by atoms with Gasteiger partial charge in [0.2, 0.25) is 0 Å². The van der Waals surface area contributed by atoms with Crippen LogP contribution in [0.3, 0.4) is 0 Å². The number of hydrogen-bond donors (Lipinski definition) is 1. The fraction of sp³-hybridized carbons (Fsp3) is 0.500. The van der Waals surface area contributed by atoms with E-state index in [1.165, 1.54) is 5.56 Å². The average Bonchev–Trinajstić information content (AvgIpc) is 2.76. The van der Waals surface area contributed by atoms with Crippen molar-refractivity contribution in [2.75, 3.05) is 13.1 Å². The van der Waals surface area contributed by atoms with E-state index in [1.807, 2.05) is 12.1 Å². The van der Waals surface area contributed by atoms with Gasteiger partial charge in [0.05, 0.1) is 0 Å². The van der Waals surface area contributed by atoms with E-state index < -0.39 is 5.97 Å². The van der Waals surface area contributed by atoms with Crippen LogP contribution in [-0.4, -0.2) is 29.1 Å². The lowest BCUT2D eigenvalue weighted by atomic mass is 10.1. The van der Waals surface area contributed by atoms with Crippen LogP contribution in [0.25, 0.3) is 0 Å². The minimum absolute atomic E-state index is 0.291. The van der Waals surface area contributed by atoms with Crippen molar-refractivity contribution in [1.29, 1.82) is 0 Å². The maximum atomic E-state index is 10.7. The maximum absolute atomic E-state index is 10.7. The van der Waals surface area contributed by atoms with Crippen molar-refractivity contribution in [1.82, 2.24) is 4.90 Å². The van der Waals surface area contributed by atoms with Gasteiger partial charge in [0, 0.05) is 23.5 Å². The van der Waals surface area contributed by atoms with E-state index >= 15 is 0 Å². The van der Waals surface area contributed by atoms with Crippen molar-refractivity contribution >= 4 is 21.9 Å². The van der Waals surface area contributed by atoms with Gasteiger partial charge in [-0.05, 0) is 37.4 Å². The number of carboxylic acid groups (broad SMARTS) is 1. The SMILES string of the molecule is CC(c1ccccc1Br)N1CCC(CC(=O)O)C1. The molecular formula is C14H18BrNO2. The van der Waals surface area contributed by atoms with Gasteiger partial charge in [-0.25, -0.2) is 0 Å². The second-order valence-corrected chi connectivity index (χ2v) is 5.80. The Balaban J connectivity index is 2.01. The highest BCUT2D eigenvalue weighted by Crippen LogP contribution is 2.32. The number of carbonyl (C=O) groups is 1. The highest BCUT2D eigenvalue weighted by Gasteiger charge is 2.28. The first kappa shape index (κ1) is 13.6. The van der Waals surface area contributed by atoms with Gasteiger partial charge < -0.3 is 5.11 Å². The van der Waals surface area contributed by atoms with Gasteiger partial charge in [-0.15, -0.1) is 0 Å². The second kappa shape index (κ2) is 5.85. The lowest BCUT2D eigenvalue weighted by Gasteiger charge is -2.25. The van der Waals surface area contributed by atoms with Crippen molar-refractivity contribution in [3.05, 3.63) is 34.3 Å². The number of nitrogens with zero attached hydrogens (tertiary/aromatic N) is 1. The molecule has 1 aliphatic rings. The molecule has 0 aliphatic carbocycles. The molecule has 3 nitrogen and oxygen atoms in total. The van der Waals surface area contributed by atoms with Gasteiger partial charge in [0.25, 0.3) is 0 Å². The maximum Gasteiger partial charge on any atom is 0.303 e. The first-order valence-corrected chi connectivity index (χ1v) is 7.07. The van der Waals surface area contributed by atoms with Crippen LogP contribution in [0.5, 0.6) is 0 Å². The summed E-state index contributed by atoms with van der Waals surface area (Å²) in [6.45, 7) is 4.05. The van der Waals surface area contributed by atoms with Crippen LogP contribution in [0.4, 0.5) is 0 Å². The molecule has 1 saturated heterocycles. The zero-order chi connectivity index (χ0) is 13.1. The third-order valence-corrected chi connectivity index (χ3v) is 4.41. The Bertz CT molecular complexity index is 436. The molecule has 0 spiro atoms. The standard InChI is InChI=1S/C14H18BrNO2/c1-10(12-4-2-3-5-13(12)15)16-7-6-11(9-16)8-14(17)18/h2-5,10-11H,6-9H2,1H3,(H,17,18). The van der Waals surface area contributed by atoms with E-state index in [4.69, 9.17) is 5.11 Å². The van der Waals surface area contributed by atoms with Gasteiger partial charge in [0.1, 0.15) is 0 Å². The van der Waals surface area contributed by atoms with Crippen LogP contribution in [0.2, 0.25) is 0 Å². The third-order valence-electron chi connectivity index (χ3n) is 3.68. The summed E-state index contributed by atoms with van der Waals surface area (Å²) < 4.78 is 1.12. The van der Waals surface area contributed by atoms with Crippen LogP contribution in [0.1, 0.15) is 31.4 Å². The number of aliphatic carboxylic acids is 1. The minimum atomic E-state index is -0.685. The molecule has 1 N–H and O–H groups in total. The van der Waals surface area contributed by atoms with Crippen molar-refractivity contribution in [3.63, 3.8) is 0 Å². The first-order chi connectivity index (χ1) is 8.58. The number of halogens is 1. The zero-order valence-electron chi connectivity index (χ0n) is 10.5. The summed E-state index contributed by atoms with van der Waals surface area (Å²) in [4.78, 5) is 13.1. The Morgan fingerprint density at radius 3 is 2.94 bits per heavy atom. The summed E-state index contributed by atoms with van der Waals surface area (Å²) in [5.74, 6) is -0.386. The zero-order valence-corrected chi connectivity index (χ0v) is 12.1. The molecular weight excluding hydrogens is 294 g/mol. The number of carboxylic acids is 1. The fourth-order valence-corrected chi connectivity index (χ4v) is 3.25. The third kappa shape index (κ3) is 3.12. The highest BCUT2D eigenvalue weighted by molar-refractivity contribution is 9.10. The van der Waals surface area contributed by atoms with Gasteiger partial charge in [-0.2, -0.15) is 0 Å². The smallest absolute Gasteiger partial charge is 0.303 e. The molecule has 0 amide bonds. The molecule has 0 saturated carbocycles. The predicted molar refractivity (Wildman–Crippen MR) is 74.5 cm³/mol. The fourth-order valence-electron chi connectivity index (χ4n) is 2.64. The number of likely N-dealkylation sites (tertiary alicyclic amines) is 1. The molecule has 18 heavy (non-hydrogen) atoms. The molecule has 2 rings (SSSR count).